The van der Waals surface area contributed by atoms with Crippen LogP contribution < -0.4 is 5.73 Å². The van der Waals surface area contributed by atoms with Crippen molar-refractivity contribution in [2.24, 2.45) is 11.7 Å². The Hall–Kier alpha value is -1.66. The van der Waals surface area contributed by atoms with Crippen molar-refractivity contribution in [3.8, 4) is 11.7 Å². The fraction of sp³-hybridized carbons (Fsp3) is 0.571. The Balaban J connectivity index is 1.68. The molecule has 2 unspecified atom stereocenters. The standard InChI is InChI=1S/C14H20N4O2/c1-10-4-5-11(7-15)8-18(10)9-13-16-14(20-17-13)12-3-2-6-19-12/h2-3,6,10-11H,4-5,7-9,15H2,1H3. The van der Waals surface area contributed by atoms with Gasteiger partial charge in [0.25, 0.3) is 5.89 Å². The Bertz CT molecular complexity index is 537. The normalized spacial score (nSPS) is 24.1. The first-order valence-corrected chi connectivity index (χ1v) is 7.07. The average molecular weight is 276 g/mol. The van der Waals surface area contributed by atoms with Gasteiger partial charge in [-0.1, -0.05) is 5.16 Å². The van der Waals surface area contributed by atoms with Gasteiger partial charge in [-0.2, -0.15) is 4.98 Å². The van der Waals surface area contributed by atoms with Gasteiger partial charge in [0, 0.05) is 12.6 Å². The topological polar surface area (TPSA) is 81.3 Å². The number of nitrogens with zero attached hydrogens (tertiary/aromatic N) is 3. The molecule has 0 aliphatic carbocycles. The summed E-state index contributed by atoms with van der Waals surface area (Å²) in [6, 6.07) is 4.15. The summed E-state index contributed by atoms with van der Waals surface area (Å²) < 4.78 is 10.5. The molecule has 1 aliphatic heterocycles. The summed E-state index contributed by atoms with van der Waals surface area (Å²) in [6.45, 7) is 4.68. The lowest BCUT2D eigenvalue weighted by atomic mass is 9.93. The number of likely N-dealkylation sites (tertiary alicyclic amines) is 1. The zero-order valence-corrected chi connectivity index (χ0v) is 11.7. The van der Waals surface area contributed by atoms with Gasteiger partial charge in [-0.25, -0.2) is 0 Å². The first-order valence-electron chi connectivity index (χ1n) is 7.07. The molecule has 0 bridgehead atoms. The van der Waals surface area contributed by atoms with Crippen molar-refractivity contribution in [1.29, 1.82) is 0 Å². The van der Waals surface area contributed by atoms with E-state index >= 15 is 0 Å². The molecule has 0 radical (unpaired) electrons. The summed E-state index contributed by atoms with van der Waals surface area (Å²) in [4.78, 5) is 6.76. The maximum Gasteiger partial charge on any atom is 0.293 e. The zero-order chi connectivity index (χ0) is 13.9. The van der Waals surface area contributed by atoms with E-state index in [4.69, 9.17) is 14.7 Å². The third kappa shape index (κ3) is 2.76. The lowest BCUT2D eigenvalue weighted by Crippen LogP contribution is -2.43. The van der Waals surface area contributed by atoms with Gasteiger partial charge in [0.2, 0.25) is 0 Å². The van der Waals surface area contributed by atoms with Gasteiger partial charge in [0.1, 0.15) is 0 Å². The van der Waals surface area contributed by atoms with E-state index in [1.165, 1.54) is 12.8 Å². The SMILES string of the molecule is CC1CCC(CN)CN1Cc1noc(-c2ccco2)n1. The second-order valence-corrected chi connectivity index (χ2v) is 5.45. The molecule has 0 saturated carbocycles. The van der Waals surface area contributed by atoms with E-state index in [2.05, 4.69) is 22.0 Å². The van der Waals surface area contributed by atoms with Gasteiger partial charge in [-0.3, -0.25) is 4.90 Å². The van der Waals surface area contributed by atoms with Crippen LogP contribution in [0.25, 0.3) is 11.7 Å². The molecule has 1 fully saturated rings. The number of rotatable bonds is 4. The van der Waals surface area contributed by atoms with E-state index in [9.17, 15) is 0 Å². The Morgan fingerprint density at radius 1 is 1.45 bits per heavy atom. The quantitative estimate of drug-likeness (QED) is 0.918. The summed E-state index contributed by atoms with van der Waals surface area (Å²) in [5.41, 5.74) is 5.78. The van der Waals surface area contributed by atoms with Crippen LogP contribution in [-0.2, 0) is 6.54 Å². The van der Waals surface area contributed by atoms with E-state index in [0.29, 0.717) is 36.0 Å². The minimum Gasteiger partial charge on any atom is -0.459 e. The van der Waals surface area contributed by atoms with Gasteiger partial charge in [0.15, 0.2) is 11.6 Å². The van der Waals surface area contributed by atoms with E-state index < -0.39 is 0 Å². The highest BCUT2D eigenvalue weighted by Crippen LogP contribution is 2.23. The fourth-order valence-electron chi connectivity index (χ4n) is 2.68. The molecule has 1 saturated heterocycles. The Labute approximate surface area is 117 Å². The highest BCUT2D eigenvalue weighted by Gasteiger charge is 2.26. The first kappa shape index (κ1) is 13.3. The molecular weight excluding hydrogens is 256 g/mol. The summed E-state index contributed by atoms with van der Waals surface area (Å²) in [6.07, 6.45) is 3.97. The second kappa shape index (κ2) is 5.76. The molecule has 0 spiro atoms. The average Bonchev–Trinajstić information content (AvgIpc) is 3.12. The van der Waals surface area contributed by atoms with Crippen molar-refractivity contribution >= 4 is 0 Å². The monoisotopic (exact) mass is 276 g/mol. The van der Waals surface area contributed by atoms with Crippen LogP contribution in [0.2, 0.25) is 0 Å². The fourth-order valence-corrected chi connectivity index (χ4v) is 2.68. The van der Waals surface area contributed by atoms with Crippen molar-refractivity contribution in [3.63, 3.8) is 0 Å². The van der Waals surface area contributed by atoms with Crippen molar-refractivity contribution in [2.75, 3.05) is 13.1 Å². The second-order valence-electron chi connectivity index (χ2n) is 5.45. The molecule has 2 aromatic rings. The molecule has 2 N–H and O–H groups in total. The van der Waals surface area contributed by atoms with E-state index in [1.807, 2.05) is 6.07 Å². The molecule has 6 nitrogen and oxygen atoms in total. The zero-order valence-electron chi connectivity index (χ0n) is 11.7. The molecule has 1 aliphatic rings. The Morgan fingerprint density at radius 2 is 2.35 bits per heavy atom. The van der Waals surface area contributed by atoms with Gasteiger partial charge in [-0.05, 0) is 44.4 Å². The molecule has 20 heavy (non-hydrogen) atoms. The molecule has 0 aromatic carbocycles. The van der Waals surface area contributed by atoms with Crippen LogP contribution >= 0.6 is 0 Å². The van der Waals surface area contributed by atoms with E-state index in [0.717, 1.165) is 13.1 Å². The summed E-state index contributed by atoms with van der Waals surface area (Å²) in [5.74, 6) is 2.31. The summed E-state index contributed by atoms with van der Waals surface area (Å²) >= 11 is 0. The maximum atomic E-state index is 5.78. The van der Waals surface area contributed by atoms with E-state index in [-0.39, 0.29) is 0 Å². The van der Waals surface area contributed by atoms with Crippen LogP contribution in [0.4, 0.5) is 0 Å². The summed E-state index contributed by atoms with van der Waals surface area (Å²) in [5, 5.41) is 4.03. The molecule has 6 heteroatoms. The minimum absolute atomic E-state index is 0.435. The van der Waals surface area contributed by atoms with Crippen LogP contribution in [0, 0.1) is 5.92 Å². The van der Waals surface area contributed by atoms with Crippen LogP contribution in [0.15, 0.2) is 27.3 Å². The minimum atomic E-state index is 0.435. The number of hydrogen-bond donors (Lipinski definition) is 1. The summed E-state index contributed by atoms with van der Waals surface area (Å²) in [7, 11) is 0. The first-order chi connectivity index (χ1) is 9.76. The van der Waals surface area contributed by atoms with Gasteiger partial charge >= 0.3 is 0 Å². The smallest absolute Gasteiger partial charge is 0.293 e. The van der Waals surface area contributed by atoms with Crippen molar-refractivity contribution in [1.82, 2.24) is 15.0 Å². The van der Waals surface area contributed by atoms with Gasteiger partial charge < -0.3 is 14.7 Å². The molecular formula is C14H20N4O2. The number of furan rings is 1. The van der Waals surface area contributed by atoms with Crippen LogP contribution in [0.5, 0.6) is 0 Å². The number of piperidine rings is 1. The number of aromatic nitrogens is 2. The third-order valence-electron chi connectivity index (χ3n) is 3.99. The highest BCUT2D eigenvalue weighted by molar-refractivity contribution is 5.42. The Morgan fingerprint density at radius 3 is 3.10 bits per heavy atom. The van der Waals surface area contributed by atoms with Crippen LogP contribution in [0.3, 0.4) is 0 Å². The van der Waals surface area contributed by atoms with Crippen molar-refractivity contribution in [3.05, 3.63) is 24.2 Å². The van der Waals surface area contributed by atoms with Gasteiger partial charge in [-0.15, -0.1) is 0 Å². The molecule has 2 aromatic heterocycles. The molecule has 3 rings (SSSR count). The largest absolute Gasteiger partial charge is 0.459 e. The lowest BCUT2D eigenvalue weighted by molar-refractivity contribution is 0.109. The van der Waals surface area contributed by atoms with Crippen molar-refractivity contribution < 1.29 is 8.94 Å². The molecule has 0 amide bonds. The van der Waals surface area contributed by atoms with Crippen molar-refractivity contribution in [2.45, 2.75) is 32.4 Å². The molecule has 2 atom stereocenters. The number of nitrogens with two attached hydrogens (primary N) is 1. The predicted molar refractivity (Wildman–Crippen MR) is 73.7 cm³/mol. The van der Waals surface area contributed by atoms with Crippen LogP contribution in [0.1, 0.15) is 25.6 Å². The molecule has 3 heterocycles. The number of hydrogen-bond acceptors (Lipinski definition) is 6. The lowest BCUT2D eigenvalue weighted by Gasteiger charge is -2.36. The maximum absolute atomic E-state index is 5.78. The van der Waals surface area contributed by atoms with E-state index in [1.54, 1.807) is 12.3 Å². The predicted octanol–water partition coefficient (Wildman–Crippen LogP) is 1.89. The highest BCUT2D eigenvalue weighted by atomic mass is 16.5. The Kier molecular flexibility index (Phi) is 3.84. The van der Waals surface area contributed by atoms with Gasteiger partial charge in [0.05, 0.1) is 12.8 Å². The molecule has 108 valence electrons. The third-order valence-corrected chi connectivity index (χ3v) is 3.99. The van der Waals surface area contributed by atoms with Crippen LogP contribution in [-0.4, -0.2) is 34.2 Å².